The summed E-state index contributed by atoms with van der Waals surface area (Å²) in [6.45, 7) is 14.2. The summed E-state index contributed by atoms with van der Waals surface area (Å²) in [4.78, 5) is 0. The maximum atomic E-state index is 2.72. The zero-order chi connectivity index (χ0) is 15.2. The molecule has 0 unspecified atom stereocenters. The minimum atomic E-state index is -2.95. The van der Waals surface area contributed by atoms with Crippen molar-refractivity contribution in [3.63, 3.8) is 0 Å². The summed E-state index contributed by atoms with van der Waals surface area (Å²) >= 11 is -2.95. The van der Waals surface area contributed by atoms with Crippen LogP contribution >= 0.6 is 24.8 Å². The second-order valence-electron chi connectivity index (χ2n) is 7.70. The van der Waals surface area contributed by atoms with E-state index in [4.69, 9.17) is 0 Å². The Hall–Kier alpha value is 0.640. The summed E-state index contributed by atoms with van der Waals surface area (Å²) in [5.41, 5.74) is 6.35. The zero-order valence-electron chi connectivity index (χ0n) is 15.0. The Morgan fingerprint density at radius 1 is 0.909 bits per heavy atom. The van der Waals surface area contributed by atoms with Crippen LogP contribution in [0.25, 0.3) is 0 Å². The van der Waals surface area contributed by atoms with Crippen molar-refractivity contribution >= 4 is 31.7 Å². The van der Waals surface area contributed by atoms with E-state index in [1.807, 2.05) is 6.56 Å². The summed E-state index contributed by atoms with van der Waals surface area (Å²) < 4.78 is 7.93. The molecule has 0 atom stereocenters. The smallest absolute Gasteiger partial charge is 0.147 e. The number of halogens is 2. The predicted molar refractivity (Wildman–Crippen MR) is 106 cm³/mol. The molecule has 2 rings (SSSR count). The molecule has 0 saturated carbocycles. The van der Waals surface area contributed by atoms with Crippen molar-refractivity contribution in [2.45, 2.75) is 62.6 Å². The number of hydrogen-bond acceptors (Lipinski definition) is 0. The normalized spacial score (nSPS) is 18.9. The molecule has 0 aliphatic heterocycles. The van der Waals surface area contributed by atoms with Crippen molar-refractivity contribution in [1.29, 1.82) is 0 Å². The van der Waals surface area contributed by atoms with E-state index in [0.717, 1.165) is 0 Å². The average molecular weight is 439 g/mol. The molecule has 0 aromatic heterocycles. The van der Waals surface area contributed by atoms with Crippen molar-refractivity contribution in [3.05, 3.63) is 41.0 Å². The molecule has 0 N–H and O–H groups in total. The van der Waals surface area contributed by atoms with Gasteiger partial charge in [0.15, 0.2) is 0 Å². The fourth-order valence-electron chi connectivity index (χ4n) is 4.68. The van der Waals surface area contributed by atoms with Crippen LogP contribution in [-0.2, 0) is 17.4 Å². The van der Waals surface area contributed by atoms with Gasteiger partial charge in [0, 0.05) is 0 Å². The van der Waals surface area contributed by atoms with Gasteiger partial charge in [-0.25, -0.2) is 0 Å². The van der Waals surface area contributed by atoms with Gasteiger partial charge in [-0.1, -0.05) is 0 Å². The Bertz CT molecular complexity index is 602. The van der Waals surface area contributed by atoms with E-state index in [2.05, 4.69) is 58.3 Å². The Balaban J connectivity index is 0.00000220. The first kappa shape index (κ1) is 22.6. The third-order valence-electron chi connectivity index (χ3n) is 5.47. The van der Waals surface area contributed by atoms with Crippen LogP contribution in [0.5, 0.6) is 0 Å². The third-order valence-corrected chi connectivity index (χ3v) is 28.6. The molecule has 0 spiro atoms. The molecule has 126 valence electrons. The van der Waals surface area contributed by atoms with Crippen LogP contribution in [0, 0.1) is 0 Å². The molecular weight excluding hydrogens is 406 g/mol. The van der Waals surface area contributed by atoms with Crippen molar-refractivity contribution < 1.29 is 17.4 Å². The van der Waals surface area contributed by atoms with Crippen LogP contribution in [0.1, 0.15) is 53.9 Å². The van der Waals surface area contributed by atoms with Gasteiger partial charge in [0.05, 0.1) is 0 Å². The Labute approximate surface area is 151 Å². The molecule has 0 fully saturated rings. The number of rotatable bonds is 4. The molecule has 2 aliphatic carbocycles. The first-order valence-corrected chi connectivity index (χ1v) is 20.6. The van der Waals surface area contributed by atoms with Crippen LogP contribution in [0.2, 0.25) is 8.76 Å². The Morgan fingerprint density at radius 2 is 1.27 bits per heavy atom. The maximum Gasteiger partial charge on any atom is -0.147 e. The fourth-order valence-corrected chi connectivity index (χ4v) is 27.2. The quantitative estimate of drug-likeness (QED) is 0.459. The summed E-state index contributed by atoms with van der Waals surface area (Å²) in [5.74, 6) is 0. The van der Waals surface area contributed by atoms with Crippen LogP contribution in [0.4, 0.5) is 0 Å². The molecule has 0 nitrogen and oxygen atoms in total. The van der Waals surface area contributed by atoms with Crippen LogP contribution in [0.15, 0.2) is 41.0 Å². The fraction of sp³-hybridized carbons (Fsp3) is 0.556. The van der Waals surface area contributed by atoms with Crippen LogP contribution in [0.3, 0.4) is 0 Å². The summed E-state index contributed by atoms with van der Waals surface area (Å²) in [7, 11) is 0. The molecule has 0 aromatic rings. The van der Waals surface area contributed by atoms with E-state index in [1.54, 1.807) is 22.3 Å². The second kappa shape index (κ2) is 7.68. The third kappa shape index (κ3) is 3.82. The van der Waals surface area contributed by atoms with E-state index in [9.17, 15) is 0 Å². The number of allylic oxidation sites excluding steroid dienone is 8. The maximum absolute atomic E-state index is 2.95. The molecule has 22 heavy (non-hydrogen) atoms. The Morgan fingerprint density at radius 3 is 1.50 bits per heavy atom. The van der Waals surface area contributed by atoms with E-state index in [-0.39, 0.29) is 24.8 Å². The van der Waals surface area contributed by atoms with Gasteiger partial charge in [-0.15, -0.1) is 24.8 Å². The molecule has 0 heterocycles. The van der Waals surface area contributed by atoms with Gasteiger partial charge >= 0.3 is 128 Å². The summed E-state index contributed by atoms with van der Waals surface area (Å²) in [5, 5.41) is 0. The van der Waals surface area contributed by atoms with Gasteiger partial charge in [-0.3, -0.25) is 0 Å². The minimum Gasteiger partial charge on any atom is -0.147 e. The molecule has 0 radical (unpaired) electrons. The van der Waals surface area contributed by atoms with Gasteiger partial charge in [0.2, 0.25) is 0 Å². The minimum absolute atomic E-state index is 0. The van der Waals surface area contributed by atoms with Gasteiger partial charge in [-0.05, 0) is 0 Å². The van der Waals surface area contributed by atoms with Crippen molar-refractivity contribution in [3.8, 4) is 0 Å². The topological polar surface area (TPSA) is 0 Å². The second-order valence-corrected chi connectivity index (χ2v) is 34.5. The van der Waals surface area contributed by atoms with Gasteiger partial charge in [0.1, 0.15) is 0 Å². The van der Waals surface area contributed by atoms with Gasteiger partial charge < -0.3 is 0 Å². The van der Waals surface area contributed by atoms with E-state index in [1.165, 1.54) is 23.4 Å². The van der Waals surface area contributed by atoms with E-state index < -0.39 is 17.4 Å². The van der Waals surface area contributed by atoms with Crippen LogP contribution in [-0.4, -0.2) is 6.88 Å². The van der Waals surface area contributed by atoms with E-state index in [0.29, 0.717) is 0 Å². The molecule has 0 amide bonds. The standard InChI is InChI=1S/2C7H9.C3H7.CH3.2ClH.H2Si.Zr/c2*1-6-3-4-7(2)5-6;1-3-2;;;;;/h2*5H,3H2,1-2H3;1,3H2,2H3;1H3;2*1H;1H2;. The first-order valence-electron chi connectivity index (χ1n) is 7.98. The summed E-state index contributed by atoms with van der Waals surface area (Å²) in [6.07, 6.45) is 8.73. The van der Waals surface area contributed by atoms with Gasteiger partial charge in [-0.2, -0.15) is 0 Å². The van der Waals surface area contributed by atoms with Crippen molar-refractivity contribution in [1.82, 2.24) is 0 Å². The van der Waals surface area contributed by atoms with Crippen LogP contribution < -0.4 is 0 Å². The monoisotopic (exact) mass is 436 g/mol. The zero-order valence-corrected chi connectivity index (χ0v) is 20.5. The van der Waals surface area contributed by atoms with Crippen molar-refractivity contribution in [2.24, 2.45) is 0 Å². The molecule has 4 heteroatoms. The average Bonchev–Trinajstić information content (AvgIpc) is 2.83. The molecular formula is C18H32Cl2SiZr. The molecule has 0 bridgehead atoms. The number of hydrogen-bond donors (Lipinski definition) is 0. The summed E-state index contributed by atoms with van der Waals surface area (Å²) in [6, 6.07) is 0. The Kier molecular flexibility index (Phi) is 7.91. The molecule has 0 aromatic carbocycles. The molecule has 2 aliphatic rings. The van der Waals surface area contributed by atoms with E-state index >= 15 is 0 Å². The van der Waals surface area contributed by atoms with Gasteiger partial charge in [0.25, 0.3) is 0 Å². The SMILES string of the molecule is CC[CH2][Zr]([CH3])(=[SiH2])([C]1=C(C)C=C(C)C1)[C]1=C(C)C=C(C)C1.Cl.Cl. The first-order chi connectivity index (χ1) is 9.18. The van der Waals surface area contributed by atoms with Crippen molar-refractivity contribution in [2.75, 3.05) is 0 Å². The molecule has 0 saturated heterocycles. The largest absolute Gasteiger partial charge is 0.147 e. The predicted octanol–water partition coefficient (Wildman–Crippen LogP) is 6.19.